The van der Waals surface area contributed by atoms with E-state index in [9.17, 15) is 0 Å². The molecule has 6 heteroatoms. The van der Waals surface area contributed by atoms with Crippen molar-refractivity contribution in [3.05, 3.63) is 57.3 Å². The van der Waals surface area contributed by atoms with Crippen LogP contribution in [0.5, 0.6) is 0 Å². The third kappa shape index (κ3) is 2.86. The lowest BCUT2D eigenvalue weighted by Gasteiger charge is -2.10. The highest BCUT2D eigenvalue weighted by Gasteiger charge is 2.15. The molecule has 0 aliphatic rings. The molecule has 0 aliphatic heterocycles. The Morgan fingerprint density at radius 2 is 1.71 bits per heavy atom. The van der Waals surface area contributed by atoms with E-state index in [0.717, 1.165) is 22.5 Å². The number of halogens is 4. The first-order valence-electron chi connectivity index (χ1n) is 6.28. The topological polar surface area (TPSA) is 17.8 Å². The van der Waals surface area contributed by atoms with Crippen molar-refractivity contribution in [1.82, 2.24) is 9.55 Å². The van der Waals surface area contributed by atoms with Crippen LogP contribution in [0.25, 0.3) is 16.7 Å². The van der Waals surface area contributed by atoms with Crippen molar-refractivity contribution >= 4 is 57.4 Å². The van der Waals surface area contributed by atoms with E-state index in [2.05, 4.69) is 4.98 Å². The predicted octanol–water partition coefficient (Wildman–Crippen LogP) is 5.77. The van der Waals surface area contributed by atoms with Crippen LogP contribution in [0.15, 0.2) is 36.4 Å². The summed E-state index contributed by atoms with van der Waals surface area (Å²) in [5.74, 6) is 1.29. The average molecular weight is 360 g/mol. The van der Waals surface area contributed by atoms with Crippen LogP contribution in [0.4, 0.5) is 0 Å². The first kappa shape index (κ1) is 15.0. The standard InChI is InChI=1S/C15H10Cl4N2/c16-5-4-14-20-13-3-1-2-12(19)15(13)21(14)11-7-9(17)6-10(18)8-11/h1-3,6-8H,4-5H2. The van der Waals surface area contributed by atoms with E-state index in [1.165, 1.54) is 0 Å². The molecule has 0 aliphatic carbocycles. The molecule has 3 rings (SSSR count). The van der Waals surface area contributed by atoms with Crippen LogP contribution >= 0.6 is 46.4 Å². The molecule has 21 heavy (non-hydrogen) atoms. The molecule has 0 unspecified atom stereocenters. The van der Waals surface area contributed by atoms with E-state index >= 15 is 0 Å². The highest BCUT2D eigenvalue weighted by atomic mass is 35.5. The Morgan fingerprint density at radius 1 is 1.00 bits per heavy atom. The number of imidazole rings is 1. The number of hydrogen-bond acceptors (Lipinski definition) is 1. The SMILES string of the molecule is ClCCc1nc2cccc(Cl)c2n1-c1cc(Cl)cc(Cl)c1. The summed E-state index contributed by atoms with van der Waals surface area (Å²) in [6.45, 7) is 0. The van der Waals surface area contributed by atoms with Crippen molar-refractivity contribution in [2.45, 2.75) is 6.42 Å². The van der Waals surface area contributed by atoms with Gasteiger partial charge in [-0.1, -0.05) is 40.9 Å². The first-order chi connectivity index (χ1) is 10.1. The van der Waals surface area contributed by atoms with Crippen LogP contribution in [-0.2, 0) is 6.42 Å². The Bertz CT molecular complexity index is 791. The smallest absolute Gasteiger partial charge is 0.115 e. The third-order valence-electron chi connectivity index (χ3n) is 3.12. The summed E-state index contributed by atoms with van der Waals surface area (Å²) in [7, 11) is 0. The van der Waals surface area contributed by atoms with Crippen molar-refractivity contribution in [3.8, 4) is 5.69 Å². The molecule has 0 N–H and O–H groups in total. The first-order valence-corrected chi connectivity index (χ1v) is 7.95. The fourth-order valence-corrected chi connectivity index (χ4v) is 3.27. The number of benzene rings is 2. The number of para-hydroxylation sites is 1. The second-order valence-electron chi connectivity index (χ2n) is 4.54. The molecule has 0 radical (unpaired) electrons. The van der Waals surface area contributed by atoms with Gasteiger partial charge in [0.05, 0.1) is 21.7 Å². The van der Waals surface area contributed by atoms with Gasteiger partial charge in [-0.2, -0.15) is 0 Å². The molecular formula is C15H10Cl4N2. The van der Waals surface area contributed by atoms with E-state index in [0.29, 0.717) is 27.4 Å². The van der Waals surface area contributed by atoms with Gasteiger partial charge in [-0.15, -0.1) is 11.6 Å². The largest absolute Gasteiger partial charge is 0.295 e. The molecule has 1 heterocycles. The highest BCUT2D eigenvalue weighted by Crippen LogP contribution is 2.30. The molecule has 108 valence electrons. The summed E-state index contributed by atoms with van der Waals surface area (Å²) in [5.41, 5.74) is 2.47. The molecule has 0 saturated carbocycles. The zero-order valence-corrected chi connectivity index (χ0v) is 13.8. The number of aromatic nitrogens is 2. The Hall–Kier alpha value is -0.930. The number of aryl methyl sites for hydroxylation is 1. The second-order valence-corrected chi connectivity index (χ2v) is 6.20. The maximum Gasteiger partial charge on any atom is 0.115 e. The quantitative estimate of drug-likeness (QED) is 0.543. The molecular weight excluding hydrogens is 350 g/mol. The van der Waals surface area contributed by atoms with Crippen LogP contribution in [0.3, 0.4) is 0 Å². The van der Waals surface area contributed by atoms with Crippen LogP contribution in [0.2, 0.25) is 15.1 Å². The number of alkyl halides is 1. The molecule has 2 aromatic carbocycles. The Kier molecular flexibility index (Phi) is 4.32. The van der Waals surface area contributed by atoms with E-state index in [1.807, 2.05) is 34.9 Å². The minimum absolute atomic E-state index is 0.467. The second kappa shape index (κ2) is 6.05. The normalized spacial score (nSPS) is 11.2. The summed E-state index contributed by atoms with van der Waals surface area (Å²) in [6.07, 6.45) is 0.622. The zero-order valence-electron chi connectivity index (χ0n) is 10.8. The number of nitrogens with zero attached hydrogens (tertiary/aromatic N) is 2. The third-order valence-corrected chi connectivity index (χ3v) is 4.05. The van der Waals surface area contributed by atoms with Gasteiger partial charge >= 0.3 is 0 Å². The lowest BCUT2D eigenvalue weighted by Crippen LogP contribution is -2.02. The maximum absolute atomic E-state index is 6.35. The van der Waals surface area contributed by atoms with Gasteiger partial charge in [0.1, 0.15) is 5.82 Å². The molecule has 0 saturated heterocycles. The van der Waals surface area contributed by atoms with Crippen molar-refractivity contribution in [1.29, 1.82) is 0 Å². The Balaban J connectivity index is 2.35. The summed E-state index contributed by atoms with van der Waals surface area (Å²) in [5, 5.41) is 1.74. The summed E-state index contributed by atoms with van der Waals surface area (Å²) >= 11 is 24.5. The lowest BCUT2D eigenvalue weighted by atomic mass is 10.2. The van der Waals surface area contributed by atoms with E-state index in [-0.39, 0.29) is 0 Å². The Morgan fingerprint density at radius 3 is 2.38 bits per heavy atom. The molecule has 3 aromatic rings. The van der Waals surface area contributed by atoms with Crippen molar-refractivity contribution in [2.75, 3.05) is 5.88 Å². The van der Waals surface area contributed by atoms with Crippen LogP contribution in [0, 0.1) is 0 Å². The van der Waals surface area contributed by atoms with Gasteiger partial charge in [0, 0.05) is 22.3 Å². The van der Waals surface area contributed by atoms with Gasteiger partial charge in [-0.05, 0) is 30.3 Å². The monoisotopic (exact) mass is 358 g/mol. The number of rotatable bonds is 3. The van der Waals surface area contributed by atoms with E-state index in [4.69, 9.17) is 46.4 Å². The fraction of sp³-hybridized carbons (Fsp3) is 0.133. The van der Waals surface area contributed by atoms with Crippen molar-refractivity contribution in [2.24, 2.45) is 0 Å². The van der Waals surface area contributed by atoms with Crippen LogP contribution in [-0.4, -0.2) is 15.4 Å². The van der Waals surface area contributed by atoms with Crippen molar-refractivity contribution < 1.29 is 0 Å². The summed E-state index contributed by atoms with van der Waals surface area (Å²) in [4.78, 5) is 4.61. The van der Waals surface area contributed by atoms with Gasteiger partial charge in [-0.25, -0.2) is 4.98 Å². The lowest BCUT2D eigenvalue weighted by molar-refractivity contribution is 0.912. The average Bonchev–Trinajstić information content (AvgIpc) is 2.77. The Labute approximate surface area is 142 Å². The zero-order chi connectivity index (χ0) is 15.0. The van der Waals surface area contributed by atoms with E-state index < -0.39 is 0 Å². The number of fused-ring (bicyclic) bond motifs is 1. The fourth-order valence-electron chi connectivity index (χ4n) is 2.33. The molecule has 2 nitrogen and oxygen atoms in total. The van der Waals surface area contributed by atoms with Gasteiger partial charge in [-0.3, -0.25) is 4.57 Å². The van der Waals surface area contributed by atoms with Gasteiger partial charge in [0.2, 0.25) is 0 Å². The molecule has 0 amide bonds. The van der Waals surface area contributed by atoms with Crippen LogP contribution < -0.4 is 0 Å². The van der Waals surface area contributed by atoms with Gasteiger partial charge in [0.15, 0.2) is 0 Å². The summed E-state index contributed by atoms with van der Waals surface area (Å²) in [6, 6.07) is 11.0. The molecule has 0 spiro atoms. The van der Waals surface area contributed by atoms with Crippen molar-refractivity contribution in [3.63, 3.8) is 0 Å². The van der Waals surface area contributed by atoms with Gasteiger partial charge < -0.3 is 0 Å². The maximum atomic E-state index is 6.35. The molecule has 1 aromatic heterocycles. The van der Waals surface area contributed by atoms with E-state index in [1.54, 1.807) is 6.07 Å². The molecule has 0 bridgehead atoms. The molecule has 0 atom stereocenters. The van der Waals surface area contributed by atoms with Gasteiger partial charge in [0.25, 0.3) is 0 Å². The highest BCUT2D eigenvalue weighted by molar-refractivity contribution is 6.35. The summed E-state index contributed by atoms with van der Waals surface area (Å²) < 4.78 is 1.96. The minimum Gasteiger partial charge on any atom is -0.295 e. The predicted molar refractivity (Wildman–Crippen MR) is 90.5 cm³/mol. The van der Waals surface area contributed by atoms with Crippen LogP contribution in [0.1, 0.15) is 5.82 Å². The molecule has 0 fully saturated rings. The minimum atomic E-state index is 0.467. The number of hydrogen-bond donors (Lipinski definition) is 0.